The highest BCUT2D eigenvalue weighted by Crippen LogP contribution is 2.44. The highest BCUT2D eigenvalue weighted by Gasteiger charge is 2.55. The molecule has 4 rings (SSSR count). The first kappa shape index (κ1) is 17.2. The molecule has 0 bridgehead atoms. The molecule has 1 aliphatic heterocycles. The van der Waals surface area contributed by atoms with Gasteiger partial charge >= 0.3 is 0 Å². The highest BCUT2D eigenvalue weighted by atomic mass is 16.5. The van der Waals surface area contributed by atoms with Gasteiger partial charge in [0.15, 0.2) is 0 Å². The first-order valence-electron chi connectivity index (χ1n) is 9.26. The van der Waals surface area contributed by atoms with Gasteiger partial charge in [0, 0.05) is 24.4 Å². The second kappa shape index (κ2) is 6.85. The number of fused-ring (bicyclic) bond motifs is 1. The number of aryl methyl sites for hydroxylation is 1. The van der Waals surface area contributed by atoms with E-state index in [1.807, 2.05) is 17.8 Å². The number of benzene rings is 1. The Morgan fingerprint density at radius 2 is 2.00 bits per heavy atom. The number of carbonyl (C=O) groups excluding carboxylic acids is 1. The molecule has 6 nitrogen and oxygen atoms in total. The molecule has 2 aliphatic rings. The van der Waals surface area contributed by atoms with E-state index in [4.69, 9.17) is 4.74 Å². The fraction of sp³-hybridized carbons (Fsp3) is 0.500. The van der Waals surface area contributed by atoms with Gasteiger partial charge < -0.3 is 15.4 Å². The molecule has 0 radical (unpaired) electrons. The van der Waals surface area contributed by atoms with Gasteiger partial charge in [-0.3, -0.25) is 9.48 Å². The first-order valence-corrected chi connectivity index (χ1v) is 9.26. The summed E-state index contributed by atoms with van der Waals surface area (Å²) in [5, 5.41) is 11.0. The predicted octanol–water partition coefficient (Wildman–Crippen LogP) is 1.89. The lowest BCUT2D eigenvalue weighted by molar-refractivity contribution is 0.0917. The molecule has 1 amide bonds. The van der Waals surface area contributed by atoms with Crippen molar-refractivity contribution in [1.29, 1.82) is 0 Å². The largest absolute Gasteiger partial charge is 0.381 e. The molecule has 1 saturated carbocycles. The molecule has 1 aliphatic carbocycles. The van der Waals surface area contributed by atoms with E-state index in [0.29, 0.717) is 24.1 Å². The SMILES string of the molecule is CNCc1cc(C(=O)NC2C3COCC32)n(C(C)c2ccc(C)cc2)n1. The number of hydrogen-bond donors (Lipinski definition) is 2. The smallest absolute Gasteiger partial charge is 0.269 e. The third-order valence-corrected chi connectivity index (χ3v) is 5.55. The summed E-state index contributed by atoms with van der Waals surface area (Å²) >= 11 is 0. The Morgan fingerprint density at radius 1 is 1.31 bits per heavy atom. The van der Waals surface area contributed by atoms with Crippen LogP contribution < -0.4 is 10.6 Å². The summed E-state index contributed by atoms with van der Waals surface area (Å²) in [4.78, 5) is 12.9. The second-order valence-corrected chi connectivity index (χ2v) is 7.45. The van der Waals surface area contributed by atoms with Crippen molar-refractivity contribution < 1.29 is 9.53 Å². The number of aromatic nitrogens is 2. The zero-order chi connectivity index (χ0) is 18.3. The van der Waals surface area contributed by atoms with E-state index in [1.165, 1.54) is 5.56 Å². The minimum absolute atomic E-state index is 0.0102. The van der Waals surface area contributed by atoms with Gasteiger partial charge in [0.1, 0.15) is 5.69 Å². The van der Waals surface area contributed by atoms with Crippen LogP contribution in [0.25, 0.3) is 0 Å². The molecule has 26 heavy (non-hydrogen) atoms. The summed E-state index contributed by atoms with van der Waals surface area (Å²) in [5.74, 6) is 0.932. The Morgan fingerprint density at radius 3 is 2.65 bits per heavy atom. The van der Waals surface area contributed by atoms with Crippen LogP contribution in [-0.2, 0) is 11.3 Å². The van der Waals surface area contributed by atoms with Crippen molar-refractivity contribution in [3.05, 3.63) is 52.8 Å². The maximum atomic E-state index is 12.9. The lowest BCUT2D eigenvalue weighted by Gasteiger charge is -2.17. The Balaban J connectivity index is 1.58. The number of carbonyl (C=O) groups is 1. The van der Waals surface area contributed by atoms with Crippen molar-refractivity contribution in [1.82, 2.24) is 20.4 Å². The molecule has 2 fully saturated rings. The number of hydrogen-bond acceptors (Lipinski definition) is 4. The molecule has 0 spiro atoms. The van der Waals surface area contributed by atoms with Gasteiger partial charge in [-0.15, -0.1) is 0 Å². The average Bonchev–Trinajstić information content (AvgIpc) is 3.01. The molecular formula is C20H26N4O2. The third-order valence-electron chi connectivity index (χ3n) is 5.55. The molecule has 1 aromatic heterocycles. The van der Waals surface area contributed by atoms with Gasteiger partial charge in [-0.2, -0.15) is 5.10 Å². The van der Waals surface area contributed by atoms with Crippen molar-refractivity contribution in [2.75, 3.05) is 20.3 Å². The van der Waals surface area contributed by atoms with Gasteiger partial charge in [-0.1, -0.05) is 29.8 Å². The molecule has 2 N–H and O–H groups in total. The Labute approximate surface area is 153 Å². The van der Waals surface area contributed by atoms with Crippen LogP contribution >= 0.6 is 0 Å². The van der Waals surface area contributed by atoms with Gasteiger partial charge in [-0.25, -0.2) is 0 Å². The van der Waals surface area contributed by atoms with Gasteiger partial charge in [0.2, 0.25) is 0 Å². The zero-order valence-corrected chi connectivity index (χ0v) is 15.5. The van der Waals surface area contributed by atoms with Crippen LogP contribution in [0.4, 0.5) is 0 Å². The predicted molar refractivity (Wildman–Crippen MR) is 99.0 cm³/mol. The van der Waals surface area contributed by atoms with E-state index in [9.17, 15) is 4.79 Å². The van der Waals surface area contributed by atoms with Crippen LogP contribution in [-0.4, -0.2) is 42.0 Å². The van der Waals surface area contributed by atoms with Crippen LogP contribution in [0.2, 0.25) is 0 Å². The van der Waals surface area contributed by atoms with Gasteiger partial charge in [0.05, 0.1) is 24.9 Å². The number of ether oxygens (including phenoxy) is 1. The van der Waals surface area contributed by atoms with Gasteiger partial charge in [-0.05, 0) is 32.5 Å². The summed E-state index contributed by atoms with van der Waals surface area (Å²) in [7, 11) is 1.88. The summed E-state index contributed by atoms with van der Waals surface area (Å²) in [6.45, 7) is 6.31. The highest BCUT2D eigenvalue weighted by molar-refractivity contribution is 5.93. The summed E-state index contributed by atoms with van der Waals surface area (Å²) in [6.07, 6.45) is 0. The first-order chi connectivity index (χ1) is 12.6. The van der Waals surface area contributed by atoms with Crippen LogP contribution in [0, 0.1) is 18.8 Å². The monoisotopic (exact) mass is 354 g/mol. The quantitative estimate of drug-likeness (QED) is 0.831. The number of nitrogens with zero attached hydrogens (tertiary/aromatic N) is 2. The van der Waals surface area contributed by atoms with Crippen LogP contribution in [0.5, 0.6) is 0 Å². The maximum Gasteiger partial charge on any atom is 0.269 e. The lowest BCUT2D eigenvalue weighted by Crippen LogP contribution is -2.32. The Bertz CT molecular complexity index is 789. The number of amides is 1. The van der Waals surface area contributed by atoms with E-state index in [1.54, 1.807) is 0 Å². The summed E-state index contributed by atoms with van der Waals surface area (Å²) in [6, 6.07) is 10.5. The second-order valence-electron chi connectivity index (χ2n) is 7.45. The molecule has 6 heteroatoms. The Kier molecular flexibility index (Phi) is 4.54. The van der Waals surface area contributed by atoms with Crippen LogP contribution in [0.3, 0.4) is 0 Å². The zero-order valence-electron chi connectivity index (χ0n) is 15.5. The van der Waals surface area contributed by atoms with E-state index < -0.39 is 0 Å². The van der Waals surface area contributed by atoms with E-state index >= 15 is 0 Å². The average molecular weight is 354 g/mol. The summed E-state index contributed by atoms with van der Waals surface area (Å²) in [5.41, 5.74) is 3.85. The van der Waals surface area contributed by atoms with Gasteiger partial charge in [0.25, 0.3) is 5.91 Å². The van der Waals surface area contributed by atoms with Crippen molar-refractivity contribution in [3.8, 4) is 0 Å². The molecule has 3 atom stereocenters. The van der Waals surface area contributed by atoms with Crippen molar-refractivity contribution >= 4 is 5.91 Å². The molecule has 2 aromatic rings. The molecule has 138 valence electrons. The molecule has 3 unspecified atom stereocenters. The Hall–Kier alpha value is -2.18. The lowest BCUT2D eigenvalue weighted by atomic mass is 10.1. The van der Waals surface area contributed by atoms with Crippen molar-refractivity contribution in [2.24, 2.45) is 11.8 Å². The van der Waals surface area contributed by atoms with Crippen LogP contribution in [0.15, 0.2) is 30.3 Å². The normalized spacial score (nSPS) is 25.0. The summed E-state index contributed by atoms with van der Waals surface area (Å²) < 4.78 is 7.26. The minimum Gasteiger partial charge on any atom is -0.381 e. The van der Waals surface area contributed by atoms with E-state index in [-0.39, 0.29) is 18.0 Å². The van der Waals surface area contributed by atoms with Crippen molar-refractivity contribution in [3.63, 3.8) is 0 Å². The standard InChI is InChI=1S/C20H26N4O2/c1-12-4-6-14(7-5-12)13(2)24-18(8-15(23-24)9-21-3)20(25)22-19-16-10-26-11-17(16)19/h4-8,13,16-17,19,21H,9-11H2,1-3H3,(H,22,25). The molecular weight excluding hydrogens is 328 g/mol. The number of nitrogens with one attached hydrogen (secondary N) is 2. The minimum atomic E-state index is -0.0433. The third kappa shape index (κ3) is 3.15. The fourth-order valence-corrected chi connectivity index (χ4v) is 3.84. The molecule has 2 heterocycles. The van der Waals surface area contributed by atoms with E-state index in [2.05, 4.69) is 53.8 Å². The molecule has 1 aromatic carbocycles. The van der Waals surface area contributed by atoms with Crippen molar-refractivity contribution in [2.45, 2.75) is 32.5 Å². The van der Waals surface area contributed by atoms with E-state index in [0.717, 1.165) is 24.5 Å². The number of rotatable bonds is 6. The maximum absolute atomic E-state index is 12.9. The van der Waals surface area contributed by atoms with Crippen LogP contribution in [0.1, 0.15) is 40.3 Å². The fourth-order valence-electron chi connectivity index (χ4n) is 3.84. The topological polar surface area (TPSA) is 68.2 Å². The molecule has 1 saturated heterocycles.